The average molecular weight is 316 g/mol. The molecule has 3 nitrogen and oxygen atoms in total. The fraction of sp³-hybridized carbons (Fsp3) is 0.133. The van der Waals surface area contributed by atoms with Gasteiger partial charge in [-0.3, -0.25) is 0 Å². The molecule has 0 radical (unpaired) electrons. The Morgan fingerprint density at radius 1 is 1.05 bits per heavy atom. The molecule has 0 saturated heterocycles. The van der Waals surface area contributed by atoms with Crippen LogP contribution in [0.25, 0.3) is 17.0 Å². The van der Waals surface area contributed by atoms with E-state index in [0.29, 0.717) is 16.4 Å². The summed E-state index contributed by atoms with van der Waals surface area (Å²) >= 11 is 3.35. The first-order valence-corrected chi connectivity index (χ1v) is 6.80. The summed E-state index contributed by atoms with van der Waals surface area (Å²) in [7, 11) is 0. The summed E-state index contributed by atoms with van der Waals surface area (Å²) in [6.07, 6.45) is 5.93. The van der Waals surface area contributed by atoms with Gasteiger partial charge in [-0.25, -0.2) is 15.0 Å². The van der Waals surface area contributed by atoms with Gasteiger partial charge in [0.05, 0.1) is 0 Å². The molecule has 0 N–H and O–H groups in total. The molecule has 0 saturated carbocycles. The maximum absolute atomic E-state index is 4.52. The molecule has 4 heteroatoms. The second kappa shape index (κ2) is 6.38. The van der Waals surface area contributed by atoms with Crippen molar-refractivity contribution in [1.29, 1.82) is 0 Å². The van der Waals surface area contributed by atoms with Crippen LogP contribution in [0.1, 0.15) is 19.7 Å². The highest BCUT2D eigenvalue weighted by molar-refractivity contribution is 9.10. The lowest BCUT2D eigenvalue weighted by Gasteiger charge is -2.05. The molecule has 1 aromatic heterocycles. The average Bonchev–Trinajstić information content (AvgIpc) is 2.45. The van der Waals surface area contributed by atoms with Gasteiger partial charge in [-0.15, -0.1) is 0 Å². The number of allylic oxidation sites excluding steroid dienone is 4. The molecule has 19 heavy (non-hydrogen) atoms. The molecule has 1 aromatic carbocycles. The summed E-state index contributed by atoms with van der Waals surface area (Å²) in [4.78, 5) is 13.2. The minimum absolute atomic E-state index is 0.542. The van der Waals surface area contributed by atoms with Gasteiger partial charge in [0, 0.05) is 11.1 Å². The Kier molecular flexibility index (Phi) is 4.58. The van der Waals surface area contributed by atoms with Crippen molar-refractivity contribution >= 4 is 21.5 Å². The van der Waals surface area contributed by atoms with Gasteiger partial charge in [-0.1, -0.05) is 48.6 Å². The van der Waals surface area contributed by atoms with Crippen molar-refractivity contribution in [3.63, 3.8) is 0 Å². The Labute approximate surface area is 121 Å². The van der Waals surface area contributed by atoms with Gasteiger partial charge in [0.15, 0.2) is 11.6 Å². The third-order valence-corrected chi connectivity index (χ3v) is 2.91. The topological polar surface area (TPSA) is 38.7 Å². The summed E-state index contributed by atoms with van der Waals surface area (Å²) in [6.45, 7) is 3.94. The highest BCUT2D eigenvalue weighted by atomic mass is 79.9. The molecule has 2 rings (SSSR count). The molecule has 0 amide bonds. The fourth-order valence-electron chi connectivity index (χ4n) is 1.67. The predicted octanol–water partition coefficient (Wildman–Crippen LogP) is 4.28. The lowest BCUT2D eigenvalue weighted by atomic mass is 10.2. The lowest BCUT2D eigenvalue weighted by molar-refractivity contribution is 0.993. The maximum Gasteiger partial charge on any atom is 0.200 e. The minimum atomic E-state index is 0.542. The van der Waals surface area contributed by atoms with Crippen molar-refractivity contribution in [2.45, 2.75) is 13.8 Å². The molecule has 0 spiro atoms. The Hall–Kier alpha value is -1.81. The third-order valence-electron chi connectivity index (χ3n) is 2.56. The van der Waals surface area contributed by atoms with E-state index >= 15 is 0 Å². The first-order chi connectivity index (χ1) is 9.24. The van der Waals surface area contributed by atoms with Crippen LogP contribution in [0.2, 0.25) is 0 Å². The molecular formula is C15H14BrN3. The van der Waals surface area contributed by atoms with Gasteiger partial charge in [0.1, 0.15) is 0 Å². The van der Waals surface area contributed by atoms with E-state index in [1.54, 1.807) is 0 Å². The van der Waals surface area contributed by atoms with E-state index in [0.717, 1.165) is 11.1 Å². The molecule has 96 valence electrons. The lowest BCUT2D eigenvalue weighted by Crippen LogP contribution is -1.99. The zero-order valence-corrected chi connectivity index (χ0v) is 12.4. The van der Waals surface area contributed by atoms with Gasteiger partial charge < -0.3 is 0 Å². The van der Waals surface area contributed by atoms with E-state index < -0.39 is 0 Å². The minimum Gasteiger partial charge on any atom is -0.208 e. The van der Waals surface area contributed by atoms with Crippen LogP contribution in [-0.2, 0) is 0 Å². The third kappa shape index (κ3) is 3.35. The molecule has 0 unspecified atom stereocenters. The summed E-state index contributed by atoms with van der Waals surface area (Å²) in [5.41, 5.74) is 1.95. The largest absolute Gasteiger partial charge is 0.208 e. The van der Waals surface area contributed by atoms with Crippen LogP contribution < -0.4 is 0 Å². The molecular weight excluding hydrogens is 302 g/mol. The first-order valence-electron chi connectivity index (χ1n) is 6.01. The maximum atomic E-state index is 4.52. The highest BCUT2D eigenvalue weighted by Gasteiger charge is 2.08. The molecule has 1 heterocycles. The summed E-state index contributed by atoms with van der Waals surface area (Å²) < 4.78 is 0.542. The second-order valence-electron chi connectivity index (χ2n) is 3.86. The molecule has 0 atom stereocenters. The smallest absolute Gasteiger partial charge is 0.200 e. The molecule has 2 aromatic rings. The first kappa shape index (κ1) is 13.6. The number of hydrogen-bond acceptors (Lipinski definition) is 3. The van der Waals surface area contributed by atoms with Crippen LogP contribution >= 0.6 is 15.9 Å². The fourth-order valence-corrected chi connectivity index (χ4v) is 2.01. The van der Waals surface area contributed by atoms with Crippen molar-refractivity contribution in [3.05, 3.63) is 59.1 Å². The van der Waals surface area contributed by atoms with Crippen LogP contribution in [0.3, 0.4) is 0 Å². The number of rotatable bonds is 3. The van der Waals surface area contributed by atoms with Crippen molar-refractivity contribution in [2.75, 3.05) is 0 Å². The van der Waals surface area contributed by atoms with E-state index in [1.807, 2.05) is 62.4 Å². The van der Waals surface area contributed by atoms with E-state index in [1.165, 1.54) is 0 Å². The molecule has 0 bridgehead atoms. The Morgan fingerprint density at radius 3 is 2.42 bits per heavy atom. The molecule has 0 aliphatic heterocycles. The van der Waals surface area contributed by atoms with Crippen LogP contribution in [0, 0.1) is 0 Å². The standard InChI is InChI=1S/C15H14BrN3/c1-3-8-11(4-2)13-17-14(19-15(16)18-13)12-9-6-5-7-10-12/h3-10H,1-2H3/b8-3-,11-4+. The Balaban J connectivity index is 2.52. The summed E-state index contributed by atoms with van der Waals surface area (Å²) in [5.74, 6) is 1.34. The zero-order valence-electron chi connectivity index (χ0n) is 10.8. The van der Waals surface area contributed by atoms with Gasteiger partial charge >= 0.3 is 0 Å². The van der Waals surface area contributed by atoms with Crippen LogP contribution in [-0.4, -0.2) is 15.0 Å². The van der Waals surface area contributed by atoms with E-state index in [4.69, 9.17) is 0 Å². The van der Waals surface area contributed by atoms with Crippen LogP contribution in [0.5, 0.6) is 0 Å². The SMILES string of the molecule is C/C=C\C(=C/C)c1nc(Br)nc(-c2ccccc2)n1. The number of hydrogen-bond donors (Lipinski definition) is 0. The normalized spacial score (nSPS) is 12.1. The summed E-state index contributed by atoms with van der Waals surface area (Å²) in [5, 5.41) is 0. The molecule has 0 fully saturated rings. The second-order valence-corrected chi connectivity index (χ2v) is 4.57. The van der Waals surface area contributed by atoms with Crippen LogP contribution in [0.4, 0.5) is 0 Å². The van der Waals surface area contributed by atoms with Crippen LogP contribution in [0.15, 0.2) is 53.3 Å². The quantitative estimate of drug-likeness (QED) is 0.793. The molecule has 0 aliphatic carbocycles. The van der Waals surface area contributed by atoms with E-state index in [2.05, 4.69) is 30.9 Å². The Bertz CT molecular complexity index is 619. The van der Waals surface area contributed by atoms with Gasteiger partial charge in [-0.2, -0.15) is 0 Å². The van der Waals surface area contributed by atoms with Gasteiger partial charge in [0.25, 0.3) is 0 Å². The number of aromatic nitrogens is 3. The van der Waals surface area contributed by atoms with Gasteiger partial charge in [0.2, 0.25) is 4.73 Å². The number of benzene rings is 1. The molecule has 0 aliphatic rings. The highest BCUT2D eigenvalue weighted by Crippen LogP contribution is 2.19. The van der Waals surface area contributed by atoms with Crippen molar-refractivity contribution in [3.8, 4) is 11.4 Å². The summed E-state index contributed by atoms with van der Waals surface area (Å²) in [6, 6.07) is 9.87. The Morgan fingerprint density at radius 2 is 1.79 bits per heavy atom. The van der Waals surface area contributed by atoms with Crippen molar-refractivity contribution in [1.82, 2.24) is 15.0 Å². The monoisotopic (exact) mass is 315 g/mol. The van der Waals surface area contributed by atoms with Crippen molar-refractivity contribution in [2.24, 2.45) is 0 Å². The predicted molar refractivity (Wildman–Crippen MR) is 81.4 cm³/mol. The zero-order chi connectivity index (χ0) is 13.7. The number of nitrogens with zero attached hydrogens (tertiary/aromatic N) is 3. The number of halogens is 1. The van der Waals surface area contributed by atoms with E-state index in [9.17, 15) is 0 Å². The van der Waals surface area contributed by atoms with E-state index in [-0.39, 0.29) is 0 Å². The van der Waals surface area contributed by atoms with Gasteiger partial charge in [-0.05, 0) is 29.8 Å². The van der Waals surface area contributed by atoms with Crippen molar-refractivity contribution < 1.29 is 0 Å².